The van der Waals surface area contributed by atoms with Crippen LogP contribution in [0.5, 0.6) is 11.5 Å². The first-order valence-corrected chi connectivity index (χ1v) is 7.58. The number of hydrogen-bond acceptors (Lipinski definition) is 2. The summed E-state index contributed by atoms with van der Waals surface area (Å²) in [6.45, 7) is 3.87. The van der Waals surface area contributed by atoms with E-state index >= 15 is 0 Å². The Bertz CT molecular complexity index is 668. The monoisotopic (exact) mass is 349 g/mol. The van der Waals surface area contributed by atoms with Crippen LogP contribution in [0.25, 0.3) is 0 Å². The molecule has 0 fully saturated rings. The van der Waals surface area contributed by atoms with Crippen molar-refractivity contribution in [2.24, 2.45) is 0 Å². The van der Waals surface area contributed by atoms with Gasteiger partial charge in [-0.15, -0.1) is 0 Å². The average Bonchev–Trinajstić information content (AvgIpc) is 2.43. The van der Waals surface area contributed by atoms with Gasteiger partial charge in [0.15, 0.2) is 0 Å². The largest absolute Gasteiger partial charge is 0.456 e. The van der Waals surface area contributed by atoms with E-state index in [-0.39, 0.29) is 0 Å². The lowest BCUT2D eigenvalue weighted by Crippen LogP contribution is -1.95. The van der Waals surface area contributed by atoms with Crippen LogP contribution in [-0.2, 0) is 5.33 Å². The standard InChI is InChI=1S/C16H13BrClNO/c1-10-5-12(9-19)6-11(2)16(10)20-15-4-3-14(18)7-13(15)8-17/h3-7H,8H2,1-2H3. The molecule has 0 aliphatic heterocycles. The Balaban J connectivity index is 2.43. The minimum Gasteiger partial charge on any atom is -0.456 e. The molecule has 2 nitrogen and oxygen atoms in total. The molecule has 0 saturated carbocycles. The predicted octanol–water partition coefficient (Wildman–Crippen LogP) is 5.52. The first-order chi connectivity index (χ1) is 9.55. The van der Waals surface area contributed by atoms with Gasteiger partial charge >= 0.3 is 0 Å². The van der Waals surface area contributed by atoms with Gasteiger partial charge in [0.05, 0.1) is 11.6 Å². The topological polar surface area (TPSA) is 33.0 Å². The summed E-state index contributed by atoms with van der Waals surface area (Å²) in [6, 6.07) is 11.3. The number of hydrogen-bond donors (Lipinski definition) is 0. The highest BCUT2D eigenvalue weighted by Gasteiger charge is 2.10. The summed E-state index contributed by atoms with van der Waals surface area (Å²) in [5.74, 6) is 1.55. The van der Waals surface area contributed by atoms with Crippen LogP contribution in [0.15, 0.2) is 30.3 Å². The van der Waals surface area contributed by atoms with Crippen LogP contribution in [0.2, 0.25) is 5.02 Å². The number of benzene rings is 2. The number of ether oxygens (including phenoxy) is 1. The summed E-state index contributed by atoms with van der Waals surface area (Å²) in [5, 5.41) is 10.3. The third-order valence-electron chi connectivity index (χ3n) is 2.97. The van der Waals surface area contributed by atoms with Crippen LogP contribution in [0.3, 0.4) is 0 Å². The molecule has 20 heavy (non-hydrogen) atoms. The molecule has 0 spiro atoms. The van der Waals surface area contributed by atoms with Gasteiger partial charge in [0, 0.05) is 15.9 Å². The Kier molecular flexibility index (Phi) is 4.69. The van der Waals surface area contributed by atoms with Gasteiger partial charge in [-0.3, -0.25) is 0 Å². The summed E-state index contributed by atoms with van der Waals surface area (Å²) in [4.78, 5) is 0. The van der Waals surface area contributed by atoms with Crippen molar-refractivity contribution >= 4 is 27.5 Å². The number of alkyl halides is 1. The smallest absolute Gasteiger partial charge is 0.133 e. The van der Waals surface area contributed by atoms with Crippen LogP contribution in [-0.4, -0.2) is 0 Å². The summed E-state index contributed by atoms with van der Waals surface area (Å²) in [6.07, 6.45) is 0. The van der Waals surface area contributed by atoms with Crippen molar-refractivity contribution in [2.75, 3.05) is 0 Å². The van der Waals surface area contributed by atoms with Crippen molar-refractivity contribution in [3.8, 4) is 17.6 Å². The molecule has 0 saturated heterocycles. The van der Waals surface area contributed by atoms with Crippen LogP contribution < -0.4 is 4.74 Å². The number of aryl methyl sites for hydroxylation is 2. The van der Waals surface area contributed by atoms with E-state index in [2.05, 4.69) is 22.0 Å². The minimum atomic E-state index is 0.643. The number of nitrogens with zero attached hydrogens (tertiary/aromatic N) is 1. The van der Waals surface area contributed by atoms with Gasteiger partial charge < -0.3 is 4.74 Å². The fourth-order valence-corrected chi connectivity index (χ4v) is 2.67. The van der Waals surface area contributed by atoms with E-state index in [0.717, 1.165) is 28.2 Å². The molecule has 4 heteroatoms. The van der Waals surface area contributed by atoms with Crippen molar-refractivity contribution in [3.05, 3.63) is 57.6 Å². The van der Waals surface area contributed by atoms with Gasteiger partial charge in [0.2, 0.25) is 0 Å². The maximum absolute atomic E-state index is 8.97. The summed E-state index contributed by atoms with van der Waals surface area (Å²) in [7, 11) is 0. The Morgan fingerprint density at radius 3 is 2.40 bits per heavy atom. The first kappa shape index (κ1) is 14.9. The zero-order chi connectivity index (χ0) is 14.7. The Morgan fingerprint density at radius 1 is 1.20 bits per heavy atom. The molecule has 102 valence electrons. The van der Waals surface area contributed by atoms with Crippen LogP contribution in [0.1, 0.15) is 22.3 Å². The van der Waals surface area contributed by atoms with Crippen molar-refractivity contribution in [1.29, 1.82) is 5.26 Å². The molecule has 0 heterocycles. The Hall–Kier alpha value is -1.50. The highest BCUT2D eigenvalue weighted by atomic mass is 79.9. The van der Waals surface area contributed by atoms with E-state index in [0.29, 0.717) is 15.9 Å². The predicted molar refractivity (Wildman–Crippen MR) is 84.8 cm³/mol. The molecule has 0 radical (unpaired) electrons. The SMILES string of the molecule is Cc1cc(C#N)cc(C)c1Oc1ccc(Cl)cc1CBr. The molecule has 0 aromatic heterocycles. The van der Waals surface area contributed by atoms with Crippen LogP contribution in [0, 0.1) is 25.2 Å². The lowest BCUT2D eigenvalue weighted by Gasteiger charge is -2.14. The number of rotatable bonds is 3. The van der Waals surface area contributed by atoms with E-state index in [1.807, 2.05) is 38.1 Å². The summed E-state index contributed by atoms with van der Waals surface area (Å²) in [5.41, 5.74) is 3.51. The Labute approximate surface area is 132 Å². The molecule has 0 aliphatic carbocycles. The molecule has 2 rings (SSSR count). The van der Waals surface area contributed by atoms with E-state index in [1.54, 1.807) is 6.07 Å². The highest BCUT2D eigenvalue weighted by molar-refractivity contribution is 9.08. The molecular weight excluding hydrogens is 338 g/mol. The summed E-state index contributed by atoms with van der Waals surface area (Å²) >= 11 is 9.42. The van der Waals surface area contributed by atoms with Crippen LogP contribution >= 0.6 is 27.5 Å². The van der Waals surface area contributed by atoms with Crippen molar-refractivity contribution in [3.63, 3.8) is 0 Å². The maximum atomic E-state index is 8.97. The molecule has 0 bridgehead atoms. The van der Waals surface area contributed by atoms with E-state index < -0.39 is 0 Å². The molecule has 0 unspecified atom stereocenters. The second-order valence-electron chi connectivity index (χ2n) is 4.54. The molecular formula is C16H13BrClNO. The molecule has 0 N–H and O–H groups in total. The van der Waals surface area contributed by atoms with Crippen molar-refractivity contribution in [1.82, 2.24) is 0 Å². The van der Waals surface area contributed by atoms with Gasteiger partial charge in [-0.05, 0) is 55.3 Å². The first-order valence-electron chi connectivity index (χ1n) is 6.08. The maximum Gasteiger partial charge on any atom is 0.133 e. The lowest BCUT2D eigenvalue weighted by atomic mass is 10.1. The van der Waals surface area contributed by atoms with Gasteiger partial charge in [0.25, 0.3) is 0 Å². The molecule has 0 amide bonds. The number of halogens is 2. The minimum absolute atomic E-state index is 0.643. The van der Waals surface area contributed by atoms with Crippen LogP contribution in [0.4, 0.5) is 0 Å². The average molecular weight is 351 g/mol. The molecule has 2 aromatic rings. The molecule has 0 aliphatic rings. The molecule has 2 aromatic carbocycles. The quantitative estimate of drug-likeness (QED) is 0.683. The van der Waals surface area contributed by atoms with Gasteiger partial charge in [-0.2, -0.15) is 5.26 Å². The fourth-order valence-electron chi connectivity index (χ4n) is 2.04. The normalized spacial score (nSPS) is 10.2. The third kappa shape index (κ3) is 3.15. The van der Waals surface area contributed by atoms with E-state index in [9.17, 15) is 0 Å². The van der Waals surface area contributed by atoms with E-state index in [4.69, 9.17) is 21.6 Å². The highest BCUT2D eigenvalue weighted by Crippen LogP contribution is 2.33. The van der Waals surface area contributed by atoms with Gasteiger partial charge in [-0.25, -0.2) is 0 Å². The zero-order valence-corrected chi connectivity index (χ0v) is 13.5. The zero-order valence-electron chi connectivity index (χ0n) is 11.2. The lowest BCUT2D eigenvalue weighted by molar-refractivity contribution is 0.471. The van der Waals surface area contributed by atoms with Gasteiger partial charge in [-0.1, -0.05) is 27.5 Å². The van der Waals surface area contributed by atoms with Crippen molar-refractivity contribution in [2.45, 2.75) is 19.2 Å². The van der Waals surface area contributed by atoms with Crippen molar-refractivity contribution < 1.29 is 4.74 Å². The summed E-state index contributed by atoms with van der Waals surface area (Å²) < 4.78 is 6.02. The third-order valence-corrected chi connectivity index (χ3v) is 3.81. The molecule has 0 atom stereocenters. The second kappa shape index (κ2) is 6.30. The fraction of sp³-hybridized carbons (Fsp3) is 0.188. The second-order valence-corrected chi connectivity index (χ2v) is 5.54. The number of nitriles is 1. The Morgan fingerprint density at radius 2 is 1.85 bits per heavy atom. The van der Waals surface area contributed by atoms with Gasteiger partial charge in [0.1, 0.15) is 11.5 Å². The van der Waals surface area contributed by atoms with E-state index in [1.165, 1.54) is 0 Å².